The second kappa shape index (κ2) is 6.80. The molecule has 2 aromatic carbocycles. The van der Waals surface area contributed by atoms with Crippen LogP contribution in [0.15, 0.2) is 39.3 Å². The van der Waals surface area contributed by atoms with Gasteiger partial charge in [-0.2, -0.15) is 0 Å². The monoisotopic (exact) mass is 435 g/mol. The number of aryl methyl sites for hydroxylation is 1. The van der Waals surface area contributed by atoms with Crippen LogP contribution in [0.2, 0.25) is 10.0 Å². The molecule has 0 aliphatic carbocycles. The van der Waals surface area contributed by atoms with Gasteiger partial charge in [0.25, 0.3) is 0 Å². The fraction of sp³-hybridized carbons (Fsp3) is 0.200. The van der Waals surface area contributed by atoms with Crippen molar-refractivity contribution < 1.29 is 0 Å². The highest BCUT2D eigenvalue weighted by Crippen LogP contribution is 2.34. The van der Waals surface area contributed by atoms with Gasteiger partial charge in [0.2, 0.25) is 0 Å². The number of rotatable bonds is 3. The lowest BCUT2D eigenvalue weighted by Gasteiger charge is -2.20. The number of hydrogen-bond donors (Lipinski definition) is 1. The summed E-state index contributed by atoms with van der Waals surface area (Å²) in [5.41, 5.74) is 3.34. The second-order valence-electron chi connectivity index (χ2n) is 4.55. The Labute approximate surface area is 145 Å². The van der Waals surface area contributed by atoms with Crippen molar-refractivity contribution in [1.82, 2.24) is 5.32 Å². The van der Waals surface area contributed by atoms with Crippen molar-refractivity contribution in [2.75, 3.05) is 7.05 Å². The zero-order chi connectivity index (χ0) is 14.9. The van der Waals surface area contributed by atoms with Gasteiger partial charge < -0.3 is 5.32 Å². The highest BCUT2D eigenvalue weighted by molar-refractivity contribution is 9.11. The summed E-state index contributed by atoms with van der Waals surface area (Å²) in [6, 6.07) is 9.80. The molecule has 20 heavy (non-hydrogen) atoms. The van der Waals surface area contributed by atoms with Gasteiger partial charge in [0, 0.05) is 19.0 Å². The third-order valence-electron chi connectivity index (χ3n) is 3.10. The zero-order valence-electron chi connectivity index (χ0n) is 11.0. The number of benzene rings is 2. The molecule has 2 aromatic rings. The fourth-order valence-electron chi connectivity index (χ4n) is 2.13. The normalized spacial score (nSPS) is 12.5. The van der Waals surface area contributed by atoms with Gasteiger partial charge in [-0.05, 0) is 61.0 Å². The Kier molecular flexibility index (Phi) is 5.55. The zero-order valence-corrected chi connectivity index (χ0v) is 15.7. The molecule has 1 nitrogen and oxygen atoms in total. The predicted octanol–water partition coefficient (Wildman–Crippen LogP) is 6.14. The molecule has 0 amide bonds. The van der Waals surface area contributed by atoms with Gasteiger partial charge in [-0.25, -0.2) is 0 Å². The Morgan fingerprint density at radius 3 is 2.10 bits per heavy atom. The van der Waals surface area contributed by atoms with Crippen LogP contribution < -0.4 is 5.32 Å². The van der Waals surface area contributed by atoms with E-state index in [-0.39, 0.29) is 6.04 Å². The van der Waals surface area contributed by atoms with Crippen LogP contribution in [0, 0.1) is 6.92 Å². The minimum atomic E-state index is 0.0116. The minimum absolute atomic E-state index is 0.0116. The van der Waals surface area contributed by atoms with Gasteiger partial charge in [0.05, 0.1) is 6.04 Å². The summed E-state index contributed by atoms with van der Waals surface area (Å²) >= 11 is 19.4. The predicted molar refractivity (Wildman–Crippen MR) is 93.9 cm³/mol. The highest BCUT2D eigenvalue weighted by Gasteiger charge is 2.17. The van der Waals surface area contributed by atoms with Gasteiger partial charge in [0.1, 0.15) is 0 Å². The summed E-state index contributed by atoms with van der Waals surface area (Å²) in [6.45, 7) is 2.06. The minimum Gasteiger partial charge on any atom is -0.309 e. The molecule has 0 aliphatic heterocycles. The molecule has 1 atom stereocenters. The van der Waals surface area contributed by atoms with Crippen LogP contribution in [0.1, 0.15) is 22.7 Å². The molecule has 2 rings (SSSR count). The van der Waals surface area contributed by atoms with Gasteiger partial charge >= 0.3 is 0 Å². The van der Waals surface area contributed by atoms with Crippen molar-refractivity contribution in [3.05, 3.63) is 66.0 Å². The van der Waals surface area contributed by atoms with Crippen LogP contribution in [0.3, 0.4) is 0 Å². The molecule has 0 saturated heterocycles. The van der Waals surface area contributed by atoms with Crippen molar-refractivity contribution in [2.45, 2.75) is 13.0 Å². The molecule has 0 aromatic heterocycles. The maximum Gasteiger partial charge on any atom is 0.0586 e. The van der Waals surface area contributed by atoms with Crippen LogP contribution in [-0.2, 0) is 0 Å². The summed E-state index contributed by atoms with van der Waals surface area (Å²) in [5.74, 6) is 0. The van der Waals surface area contributed by atoms with Gasteiger partial charge in [-0.1, -0.05) is 55.1 Å². The molecule has 106 valence electrons. The van der Waals surface area contributed by atoms with E-state index in [4.69, 9.17) is 23.2 Å². The van der Waals surface area contributed by atoms with E-state index in [0.717, 1.165) is 20.1 Å². The first-order chi connectivity index (χ1) is 9.42. The lowest BCUT2D eigenvalue weighted by atomic mass is 9.98. The first kappa shape index (κ1) is 16.3. The summed E-state index contributed by atoms with van der Waals surface area (Å²) in [4.78, 5) is 0. The Morgan fingerprint density at radius 2 is 1.55 bits per heavy atom. The topological polar surface area (TPSA) is 12.0 Å². The standard InChI is InChI=1S/C15H13Br2Cl2N/c1-8-3-14(17)12(7-13(8)16)15(20-2)9-4-10(18)6-11(19)5-9/h3-7,15,20H,1-2H3. The lowest BCUT2D eigenvalue weighted by molar-refractivity contribution is 0.688. The number of hydrogen-bond acceptors (Lipinski definition) is 1. The van der Waals surface area contributed by atoms with Crippen LogP contribution in [0.25, 0.3) is 0 Å². The van der Waals surface area contributed by atoms with E-state index in [1.54, 1.807) is 6.07 Å². The molecule has 0 aliphatic rings. The van der Waals surface area contributed by atoms with E-state index >= 15 is 0 Å². The van der Waals surface area contributed by atoms with E-state index in [0.29, 0.717) is 10.0 Å². The third kappa shape index (κ3) is 3.58. The Bertz CT molecular complexity index is 624. The van der Waals surface area contributed by atoms with Crippen molar-refractivity contribution in [2.24, 2.45) is 0 Å². The molecule has 0 heterocycles. The van der Waals surface area contributed by atoms with Crippen molar-refractivity contribution in [1.29, 1.82) is 0 Å². The molecular formula is C15H13Br2Cl2N. The molecule has 0 fully saturated rings. The first-order valence-electron chi connectivity index (χ1n) is 6.01. The second-order valence-corrected chi connectivity index (χ2v) is 7.13. The summed E-state index contributed by atoms with van der Waals surface area (Å²) < 4.78 is 2.12. The van der Waals surface area contributed by atoms with Gasteiger partial charge in [-0.3, -0.25) is 0 Å². The van der Waals surface area contributed by atoms with Crippen LogP contribution in [-0.4, -0.2) is 7.05 Å². The molecular weight excluding hydrogens is 425 g/mol. The van der Waals surface area contributed by atoms with Gasteiger partial charge in [-0.15, -0.1) is 0 Å². The third-order valence-corrected chi connectivity index (χ3v) is 5.07. The fourth-order valence-corrected chi connectivity index (χ4v) is 3.72. The van der Waals surface area contributed by atoms with Crippen LogP contribution in [0.5, 0.6) is 0 Å². The van der Waals surface area contributed by atoms with E-state index in [1.807, 2.05) is 19.2 Å². The quantitative estimate of drug-likeness (QED) is 0.608. The van der Waals surface area contributed by atoms with Crippen LogP contribution >= 0.6 is 55.1 Å². The average molecular weight is 438 g/mol. The van der Waals surface area contributed by atoms with Crippen molar-refractivity contribution >= 4 is 55.1 Å². The van der Waals surface area contributed by atoms with Crippen molar-refractivity contribution in [3.8, 4) is 0 Å². The highest BCUT2D eigenvalue weighted by atomic mass is 79.9. The largest absolute Gasteiger partial charge is 0.309 e. The Hall–Kier alpha value is -0.0600. The maximum absolute atomic E-state index is 6.10. The first-order valence-corrected chi connectivity index (χ1v) is 8.35. The molecule has 0 spiro atoms. The summed E-state index contributed by atoms with van der Waals surface area (Å²) in [7, 11) is 1.92. The van der Waals surface area contributed by atoms with E-state index in [9.17, 15) is 0 Å². The molecule has 0 bridgehead atoms. The summed E-state index contributed by atoms with van der Waals surface area (Å²) in [6.07, 6.45) is 0. The number of halogens is 4. The van der Waals surface area contributed by atoms with E-state index in [1.165, 1.54) is 5.56 Å². The molecule has 5 heteroatoms. The van der Waals surface area contributed by atoms with E-state index in [2.05, 4.69) is 56.2 Å². The molecule has 1 unspecified atom stereocenters. The maximum atomic E-state index is 6.10. The average Bonchev–Trinajstić information content (AvgIpc) is 2.35. The van der Waals surface area contributed by atoms with Gasteiger partial charge in [0.15, 0.2) is 0 Å². The smallest absolute Gasteiger partial charge is 0.0586 e. The molecule has 0 radical (unpaired) electrons. The summed E-state index contributed by atoms with van der Waals surface area (Å²) in [5, 5.41) is 4.58. The van der Waals surface area contributed by atoms with Crippen molar-refractivity contribution in [3.63, 3.8) is 0 Å². The molecule has 0 saturated carbocycles. The number of nitrogens with one attached hydrogen (secondary N) is 1. The lowest BCUT2D eigenvalue weighted by Crippen LogP contribution is -2.18. The van der Waals surface area contributed by atoms with Crippen LogP contribution in [0.4, 0.5) is 0 Å². The molecule has 1 N–H and O–H groups in total. The Balaban J connectivity index is 2.55. The van der Waals surface area contributed by atoms with E-state index < -0.39 is 0 Å². The SMILES string of the molecule is CNC(c1cc(Cl)cc(Cl)c1)c1cc(Br)c(C)cc1Br. The Morgan fingerprint density at radius 1 is 0.950 bits per heavy atom.